The van der Waals surface area contributed by atoms with Gasteiger partial charge in [-0.2, -0.15) is 0 Å². The molecule has 1 aromatic heterocycles. The van der Waals surface area contributed by atoms with E-state index < -0.39 is 5.97 Å². The van der Waals surface area contributed by atoms with E-state index in [-0.39, 0.29) is 11.8 Å². The molecule has 5 heteroatoms. The van der Waals surface area contributed by atoms with Crippen LogP contribution in [0.1, 0.15) is 50.6 Å². The summed E-state index contributed by atoms with van der Waals surface area (Å²) in [6.45, 7) is 0.451. The van der Waals surface area contributed by atoms with Crippen LogP contribution >= 0.6 is 0 Å². The molecule has 4 aliphatic carbocycles. The zero-order valence-electron chi connectivity index (χ0n) is 11.7. The molecule has 4 fully saturated rings. The van der Waals surface area contributed by atoms with Crippen LogP contribution in [0, 0.1) is 17.8 Å². The molecule has 5 rings (SSSR count). The van der Waals surface area contributed by atoms with Gasteiger partial charge in [0.25, 0.3) is 0 Å². The molecule has 0 atom stereocenters. The molecular weight excluding hydrogens is 254 g/mol. The van der Waals surface area contributed by atoms with Gasteiger partial charge in [0.15, 0.2) is 0 Å². The monoisotopic (exact) mass is 275 g/mol. The van der Waals surface area contributed by atoms with E-state index in [0.717, 1.165) is 17.8 Å². The van der Waals surface area contributed by atoms with E-state index in [4.69, 9.17) is 5.11 Å². The summed E-state index contributed by atoms with van der Waals surface area (Å²) in [4.78, 5) is 10.8. The van der Waals surface area contributed by atoms with Gasteiger partial charge in [-0.05, 0) is 56.3 Å². The van der Waals surface area contributed by atoms with Crippen molar-refractivity contribution < 1.29 is 9.90 Å². The van der Waals surface area contributed by atoms with Crippen LogP contribution in [0.25, 0.3) is 0 Å². The molecule has 0 radical (unpaired) electrons. The van der Waals surface area contributed by atoms with Crippen LogP contribution in [0.5, 0.6) is 0 Å². The Morgan fingerprint density at radius 1 is 1.25 bits per heavy atom. The van der Waals surface area contributed by atoms with E-state index in [1.807, 2.05) is 10.9 Å². The molecule has 1 aromatic rings. The zero-order chi connectivity index (χ0) is 13.7. The maximum Gasteiger partial charge on any atom is 0.305 e. The molecule has 0 aliphatic heterocycles. The third-order valence-corrected chi connectivity index (χ3v) is 5.74. The van der Waals surface area contributed by atoms with Crippen molar-refractivity contribution >= 4 is 5.97 Å². The fourth-order valence-corrected chi connectivity index (χ4v) is 5.46. The number of carbonyl (C=O) groups is 1. The minimum Gasteiger partial charge on any atom is -0.481 e. The van der Waals surface area contributed by atoms with Crippen LogP contribution in [0.4, 0.5) is 0 Å². The minimum atomic E-state index is -0.767. The highest BCUT2D eigenvalue weighted by atomic mass is 16.4. The van der Waals surface area contributed by atoms with Gasteiger partial charge in [-0.1, -0.05) is 5.21 Å². The number of rotatable bonds is 4. The van der Waals surface area contributed by atoms with Crippen LogP contribution in [-0.4, -0.2) is 26.1 Å². The number of carboxylic acids is 1. The average molecular weight is 275 g/mol. The lowest BCUT2D eigenvalue weighted by Gasteiger charge is -2.56. The second-order valence-corrected chi connectivity index (χ2v) is 7.18. The van der Waals surface area contributed by atoms with Gasteiger partial charge in [0.05, 0.1) is 24.9 Å². The van der Waals surface area contributed by atoms with Crippen LogP contribution in [0.15, 0.2) is 6.20 Å². The van der Waals surface area contributed by atoms with Crippen molar-refractivity contribution in [1.82, 2.24) is 15.0 Å². The fraction of sp³-hybridized carbons (Fsp3) is 0.800. The van der Waals surface area contributed by atoms with Crippen molar-refractivity contribution in [3.8, 4) is 0 Å². The van der Waals surface area contributed by atoms with Gasteiger partial charge >= 0.3 is 5.97 Å². The second-order valence-electron chi connectivity index (χ2n) is 7.18. The molecule has 4 saturated carbocycles. The maximum atomic E-state index is 10.8. The topological polar surface area (TPSA) is 68.0 Å². The van der Waals surface area contributed by atoms with E-state index in [9.17, 15) is 4.79 Å². The van der Waals surface area contributed by atoms with Gasteiger partial charge in [0.1, 0.15) is 0 Å². The molecular formula is C15H21N3O2. The molecule has 108 valence electrons. The Balaban J connectivity index is 1.64. The average Bonchev–Trinajstić information content (AvgIpc) is 2.83. The second kappa shape index (κ2) is 4.30. The summed E-state index contributed by atoms with van der Waals surface area (Å²) in [7, 11) is 0. The minimum absolute atomic E-state index is 0.128. The Kier molecular flexibility index (Phi) is 2.66. The predicted molar refractivity (Wildman–Crippen MR) is 72.1 cm³/mol. The number of aryl methyl sites for hydroxylation is 1. The van der Waals surface area contributed by atoms with Crippen LogP contribution < -0.4 is 0 Å². The van der Waals surface area contributed by atoms with E-state index >= 15 is 0 Å². The SMILES string of the molecule is O=C(O)CCn1nncc1C12CC3CC(CC(C3)C1)C2. The Labute approximate surface area is 118 Å². The van der Waals surface area contributed by atoms with Gasteiger partial charge in [-0.15, -0.1) is 5.10 Å². The first-order valence-electron chi connectivity index (χ1n) is 7.75. The van der Waals surface area contributed by atoms with E-state index in [1.165, 1.54) is 44.2 Å². The Bertz CT molecular complexity index is 502. The molecule has 5 nitrogen and oxygen atoms in total. The summed E-state index contributed by atoms with van der Waals surface area (Å²) >= 11 is 0. The highest BCUT2D eigenvalue weighted by Gasteiger charge is 2.53. The third kappa shape index (κ3) is 1.86. The third-order valence-electron chi connectivity index (χ3n) is 5.74. The lowest BCUT2D eigenvalue weighted by molar-refractivity contribution is -0.137. The van der Waals surface area contributed by atoms with E-state index in [2.05, 4.69) is 10.3 Å². The van der Waals surface area contributed by atoms with Gasteiger partial charge in [0, 0.05) is 5.41 Å². The highest BCUT2D eigenvalue weighted by Crippen LogP contribution is 2.60. The van der Waals surface area contributed by atoms with Crippen LogP contribution in [0.3, 0.4) is 0 Å². The van der Waals surface area contributed by atoms with Crippen molar-refractivity contribution in [3.63, 3.8) is 0 Å². The Morgan fingerprint density at radius 2 is 1.85 bits per heavy atom. The van der Waals surface area contributed by atoms with Crippen LogP contribution in [-0.2, 0) is 16.8 Å². The summed E-state index contributed by atoms with van der Waals surface area (Å²) < 4.78 is 1.86. The standard InChI is InChI=1S/C15H21N3O2/c19-14(20)1-2-18-13(9-16-17-18)15-6-10-3-11(7-15)5-12(4-10)8-15/h9-12H,1-8H2,(H,19,20). The lowest BCUT2D eigenvalue weighted by atomic mass is 9.49. The quantitative estimate of drug-likeness (QED) is 0.915. The number of carboxylic acid groups (broad SMARTS) is 1. The maximum absolute atomic E-state index is 10.8. The molecule has 0 amide bonds. The van der Waals surface area contributed by atoms with E-state index in [1.54, 1.807) is 0 Å². The van der Waals surface area contributed by atoms with Crippen molar-refractivity contribution in [3.05, 3.63) is 11.9 Å². The molecule has 0 spiro atoms. The molecule has 20 heavy (non-hydrogen) atoms. The number of aromatic nitrogens is 3. The smallest absolute Gasteiger partial charge is 0.305 e. The first-order valence-corrected chi connectivity index (χ1v) is 7.75. The molecule has 4 bridgehead atoms. The van der Waals surface area contributed by atoms with Crippen molar-refractivity contribution in [1.29, 1.82) is 0 Å². The molecule has 0 aromatic carbocycles. The summed E-state index contributed by atoms with van der Waals surface area (Å²) in [5.41, 5.74) is 1.45. The summed E-state index contributed by atoms with van der Waals surface area (Å²) in [5, 5.41) is 17.1. The van der Waals surface area contributed by atoms with Crippen LogP contribution in [0.2, 0.25) is 0 Å². The largest absolute Gasteiger partial charge is 0.481 e. The van der Waals surface area contributed by atoms with Gasteiger partial charge in [-0.25, -0.2) is 4.68 Å². The Morgan fingerprint density at radius 3 is 2.40 bits per heavy atom. The first-order chi connectivity index (χ1) is 9.64. The van der Waals surface area contributed by atoms with Gasteiger partial charge in [-0.3, -0.25) is 4.79 Å². The highest BCUT2D eigenvalue weighted by molar-refractivity contribution is 5.66. The number of hydrogen-bond donors (Lipinski definition) is 1. The molecule has 0 unspecified atom stereocenters. The summed E-state index contributed by atoms with van der Waals surface area (Å²) in [6.07, 6.45) is 10.1. The van der Waals surface area contributed by atoms with E-state index in [0.29, 0.717) is 6.54 Å². The predicted octanol–water partition coefficient (Wildman–Crippen LogP) is 2.22. The zero-order valence-corrected chi connectivity index (χ0v) is 11.7. The molecule has 4 aliphatic rings. The lowest BCUT2D eigenvalue weighted by Crippen LogP contribution is -2.49. The van der Waals surface area contributed by atoms with Gasteiger partial charge in [0.2, 0.25) is 0 Å². The fourth-order valence-electron chi connectivity index (χ4n) is 5.46. The summed E-state index contributed by atoms with van der Waals surface area (Å²) in [6, 6.07) is 0. The van der Waals surface area contributed by atoms with Crippen molar-refractivity contribution in [2.24, 2.45) is 17.8 Å². The molecule has 1 heterocycles. The Hall–Kier alpha value is -1.39. The van der Waals surface area contributed by atoms with Gasteiger partial charge < -0.3 is 5.11 Å². The number of aliphatic carboxylic acids is 1. The normalized spacial score (nSPS) is 38.3. The van der Waals surface area contributed by atoms with Crippen molar-refractivity contribution in [2.75, 3.05) is 0 Å². The first kappa shape index (κ1) is 12.4. The number of nitrogens with zero attached hydrogens (tertiary/aromatic N) is 3. The summed E-state index contributed by atoms with van der Waals surface area (Å²) in [5.74, 6) is 1.87. The molecule has 1 N–H and O–H groups in total. The molecule has 0 saturated heterocycles. The van der Waals surface area contributed by atoms with Crippen molar-refractivity contribution in [2.45, 2.75) is 56.9 Å². The number of hydrogen-bond acceptors (Lipinski definition) is 3.